The Morgan fingerprint density at radius 2 is 1.93 bits per heavy atom. The highest BCUT2D eigenvalue weighted by atomic mass is 16.1. The van der Waals surface area contributed by atoms with Crippen molar-refractivity contribution >= 4 is 12.0 Å². The maximum absolute atomic E-state index is 10.6. The number of benzene rings is 1. The highest BCUT2D eigenvalue weighted by molar-refractivity contribution is 5.77. The van der Waals surface area contributed by atoms with Crippen LogP contribution in [0.4, 0.5) is 5.69 Å². The van der Waals surface area contributed by atoms with Gasteiger partial charge >= 0.3 is 0 Å². The van der Waals surface area contributed by atoms with E-state index in [0.717, 1.165) is 30.6 Å². The van der Waals surface area contributed by atoms with Crippen LogP contribution in [0.25, 0.3) is 0 Å². The summed E-state index contributed by atoms with van der Waals surface area (Å²) in [5.41, 5.74) is 1.81. The number of hydrogen-bond donors (Lipinski definition) is 0. The highest BCUT2D eigenvalue weighted by Crippen LogP contribution is 2.13. The zero-order chi connectivity index (χ0) is 11.3. The topological polar surface area (TPSA) is 23.6 Å². The minimum Gasteiger partial charge on any atom is -0.373 e. The molecular weight excluding hydrogens is 188 g/mol. The number of carbonyl (C=O) groups excluding carboxylic acids is 1. The van der Waals surface area contributed by atoms with Crippen LogP contribution in [0.1, 0.15) is 10.4 Å². The molecule has 0 saturated heterocycles. The van der Waals surface area contributed by atoms with Gasteiger partial charge in [-0.2, -0.15) is 0 Å². The van der Waals surface area contributed by atoms with Gasteiger partial charge in [0.1, 0.15) is 6.29 Å². The summed E-state index contributed by atoms with van der Waals surface area (Å²) in [4.78, 5) is 14.9. The van der Waals surface area contributed by atoms with Crippen LogP contribution < -0.4 is 4.90 Å². The van der Waals surface area contributed by atoms with Gasteiger partial charge in [0.05, 0.1) is 0 Å². The fourth-order valence-corrected chi connectivity index (χ4v) is 1.31. The van der Waals surface area contributed by atoms with Crippen molar-refractivity contribution in [2.45, 2.75) is 0 Å². The summed E-state index contributed by atoms with van der Waals surface area (Å²) in [5.74, 6) is 0. The van der Waals surface area contributed by atoms with Crippen molar-refractivity contribution in [3.63, 3.8) is 0 Å². The Bertz CT molecular complexity index is 323. The molecule has 1 rings (SSSR count). The lowest BCUT2D eigenvalue weighted by Crippen LogP contribution is -2.28. The smallest absolute Gasteiger partial charge is 0.150 e. The number of rotatable bonds is 5. The van der Waals surface area contributed by atoms with Crippen molar-refractivity contribution in [1.82, 2.24) is 4.90 Å². The van der Waals surface area contributed by atoms with Gasteiger partial charge < -0.3 is 9.80 Å². The Kier molecular flexibility index (Phi) is 4.31. The first kappa shape index (κ1) is 11.7. The Labute approximate surface area is 91.3 Å². The molecule has 15 heavy (non-hydrogen) atoms. The molecule has 0 aliphatic carbocycles. The molecular formula is C12H18N2O. The van der Waals surface area contributed by atoms with E-state index < -0.39 is 0 Å². The predicted octanol–water partition coefficient (Wildman–Crippen LogP) is 1.50. The van der Waals surface area contributed by atoms with Crippen molar-refractivity contribution < 1.29 is 4.79 Å². The summed E-state index contributed by atoms with van der Waals surface area (Å²) < 4.78 is 0. The lowest BCUT2D eigenvalue weighted by molar-refractivity contribution is 0.112. The summed E-state index contributed by atoms with van der Waals surface area (Å²) in [6.45, 7) is 1.96. The SMILES string of the molecule is CN(C)CCN(C)c1cccc(C=O)c1. The fourth-order valence-electron chi connectivity index (χ4n) is 1.31. The molecule has 0 spiro atoms. The lowest BCUT2D eigenvalue weighted by Gasteiger charge is -2.21. The van der Waals surface area contributed by atoms with E-state index >= 15 is 0 Å². The number of anilines is 1. The molecule has 0 unspecified atom stereocenters. The van der Waals surface area contributed by atoms with Crippen molar-refractivity contribution in [3.05, 3.63) is 29.8 Å². The summed E-state index contributed by atoms with van der Waals surface area (Å²) in [6.07, 6.45) is 0.878. The first-order valence-electron chi connectivity index (χ1n) is 5.04. The maximum Gasteiger partial charge on any atom is 0.150 e. The minimum absolute atomic E-state index is 0.726. The van der Waals surface area contributed by atoms with Gasteiger partial charge in [-0.25, -0.2) is 0 Å². The molecule has 0 fully saturated rings. The van der Waals surface area contributed by atoms with E-state index in [0.29, 0.717) is 0 Å². The van der Waals surface area contributed by atoms with E-state index in [-0.39, 0.29) is 0 Å². The summed E-state index contributed by atoms with van der Waals surface area (Å²) in [6, 6.07) is 7.65. The van der Waals surface area contributed by atoms with E-state index in [2.05, 4.69) is 23.9 Å². The van der Waals surface area contributed by atoms with Gasteiger partial charge in [0.15, 0.2) is 0 Å². The molecule has 0 saturated carbocycles. The monoisotopic (exact) mass is 206 g/mol. The molecule has 1 aromatic carbocycles. The third-order valence-corrected chi connectivity index (χ3v) is 2.33. The average molecular weight is 206 g/mol. The third kappa shape index (κ3) is 3.72. The van der Waals surface area contributed by atoms with Crippen molar-refractivity contribution in [1.29, 1.82) is 0 Å². The molecule has 0 heterocycles. The van der Waals surface area contributed by atoms with Crippen LogP contribution in [-0.4, -0.2) is 45.4 Å². The molecule has 0 aliphatic rings. The van der Waals surface area contributed by atoms with E-state index in [1.54, 1.807) is 0 Å². The molecule has 0 radical (unpaired) electrons. The second-order valence-electron chi connectivity index (χ2n) is 3.94. The van der Waals surface area contributed by atoms with Crippen LogP contribution in [0.5, 0.6) is 0 Å². The van der Waals surface area contributed by atoms with E-state index in [9.17, 15) is 4.79 Å². The number of hydrogen-bond acceptors (Lipinski definition) is 3. The predicted molar refractivity (Wildman–Crippen MR) is 63.7 cm³/mol. The zero-order valence-corrected chi connectivity index (χ0v) is 9.60. The van der Waals surface area contributed by atoms with E-state index in [1.165, 1.54) is 0 Å². The van der Waals surface area contributed by atoms with Gasteiger partial charge in [0.25, 0.3) is 0 Å². The van der Waals surface area contributed by atoms with Crippen molar-refractivity contribution in [2.24, 2.45) is 0 Å². The average Bonchev–Trinajstić information content (AvgIpc) is 2.26. The molecule has 0 amide bonds. The van der Waals surface area contributed by atoms with Crippen molar-refractivity contribution in [3.8, 4) is 0 Å². The van der Waals surface area contributed by atoms with E-state index in [4.69, 9.17) is 0 Å². The largest absolute Gasteiger partial charge is 0.373 e. The van der Waals surface area contributed by atoms with Gasteiger partial charge in [-0.15, -0.1) is 0 Å². The summed E-state index contributed by atoms with van der Waals surface area (Å²) in [5, 5.41) is 0. The van der Waals surface area contributed by atoms with Gasteiger partial charge in [-0.3, -0.25) is 4.79 Å². The first-order chi connectivity index (χ1) is 7.13. The molecule has 0 atom stereocenters. The first-order valence-corrected chi connectivity index (χ1v) is 5.04. The number of nitrogens with zero attached hydrogens (tertiary/aromatic N) is 2. The van der Waals surface area contributed by atoms with Crippen molar-refractivity contribution in [2.75, 3.05) is 39.1 Å². The van der Waals surface area contributed by atoms with Gasteiger partial charge in [0.2, 0.25) is 0 Å². The second kappa shape index (κ2) is 5.51. The quantitative estimate of drug-likeness (QED) is 0.682. The van der Waals surface area contributed by atoms with Gasteiger partial charge in [0, 0.05) is 31.4 Å². The Balaban J connectivity index is 2.64. The van der Waals surface area contributed by atoms with Crippen LogP contribution in [0, 0.1) is 0 Å². The maximum atomic E-state index is 10.6. The molecule has 3 nitrogen and oxygen atoms in total. The summed E-state index contributed by atoms with van der Waals surface area (Å²) >= 11 is 0. The standard InChI is InChI=1S/C12H18N2O/c1-13(2)7-8-14(3)12-6-4-5-11(9-12)10-15/h4-6,9-10H,7-8H2,1-3H3. The van der Waals surface area contributed by atoms with Gasteiger partial charge in [-0.1, -0.05) is 12.1 Å². The van der Waals surface area contributed by atoms with E-state index in [1.807, 2.05) is 31.3 Å². The summed E-state index contributed by atoms with van der Waals surface area (Å²) in [7, 11) is 6.14. The molecule has 82 valence electrons. The van der Waals surface area contributed by atoms with Crippen LogP contribution in [0.15, 0.2) is 24.3 Å². The van der Waals surface area contributed by atoms with Crippen LogP contribution >= 0.6 is 0 Å². The lowest BCUT2D eigenvalue weighted by atomic mass is 10.2. The number of carbonyl (C=O) groups is 1. The molecule has 0 bridgehead atoms. The van der Waals surface area contributed by atoms with Crippen LogP contribution in [0.3, 0.4) is 0 Å². The zero-order valence-electron chi connectivity index (χ0n) is 9.60. The third-order valence-electron chi connectivity index (χ3n) is 2.33. The Morgan fingerprint density at radius 1 is 1.20 bits per heavy atom. The minimum atomic E-state index is 0.726. The molecule has 0 aromatic heterocycles. The number of likely N-dealkylation sites (N-methyl/N-ethyl adjacent to an activating group) is 2. The normalized spacial score (nSPS) is 10.4. The molecule has 0 aliphatic heterocycles. The number of aldehydes is 1. The Morgan fingerprint density at radius 3 is 2.53 bits per heavy atom. The fraction of sp³-hybridized carbons (Fsp3) is 0.417. The van der Waals surface area contributed by atoms with Gasteiger partial charge in [-0.05, 0) is 26.2 Å². The van der Waals surface area contributed by atoms with Crippen LogP contribution in [0.2, 0.25) is 0 Å². The second-order valence-corrected chi connectivity index (χ2v) is 3.94. The van der Waals surface area contributed by atoms with Crippen LogP contribution in [-0.2, 0) is 0 Å². The Hall–Kier alpha value is -1.35. The highest BCUT2D eigenvalue weighted by Gasteiger charge is 2.01. The molecule has 3 heteroatoms. The molecule has 0 N–H and O–H groups in total. The molecule has 1 aromatic rings.